The zero-order chi connectivity index (χ0) is 33.8. The van der Waals surface area contributed by atoms with Crippen molar-refractivity contribution in [2.75, 3.05) is 25.1 Å². The maximum atomic E-state index is 14.0. The molecule has 2 atom stereocenters. The molecule has 0 radical (unpaired) electrons. The number of hydrogen-bond donors (Lipinski definition) is 1. The summed E-state index contributed by atoms with van der Waals surface area (Å²) in [5.41, 5.74) is -1.73. The number of fused-ring (bicyclic) bond motifs is 1. The topological polar surface area (TPSA) is 156 Å². The third kappa shape index (κ3) is 7.42. The highest BCUT2D eigenvalue weighted by Gasteiger charge is 2.30. The van der Waals surface area contributed by atoms with Gasteiger partial charge in [0, 0.05) is 26.2 Å². The van der Waals surface area contributed by atoms with Crippen LogP contribution in [0.3, 0.4) is 0 Å². The predicted octanol–water partition coefficient (Wildman–Crippen LogP) is 2.24. The smallest absolute Gasteiger partial charge is 0.407 e. The van der Waals surface area contributed by atoms with Crippen LogP contribution in [0.25, 0.3) is 11.2 Å². The number of anilines is 1. The molecule has 0 bridgehead atoms. The van der Waals surface area contributed by atoms with Crippen LogP contribution in [-0.2, 0) is 34.4 Å². The molecule has 3 heterocycles. The summed E-state index contributed by atoms with van der Waals surface area (Å²) in [5.74, 6) is 5.15. The number of rotatable bonds is 9. The van der Waals surface area contributed by atoms with Gasteiger partial charge < -0.3 is 24.4 Å². The van der Waals surface area contributed by atoms with Crippen molar-refractivity contribution < 1.29 is 28.6 Å². The number of para-hydroxylation sites is 1. The van der Waals surface area contributed by atoms with Crippen LogP contribution in [0.15, 0.2) is 33.9 Å². The van der Waals surface area contributed by atoms with Gasteiger partial charge in [0.25, 0.3) is 5.56 Å². The first-order valence-electron chi connectivity index (χ1n) is 15.0. The number of amides is 1. The van der Waals surface area contributed by atoms with Gasteiger partial charge in [-0.1, -0.05) is 18.1 Å². The first-order chi connectivity index (χ1) is 21.7. The van der Waals surface area contributed by atoms with Gasteiger partial charge in [0.15, 0.2) is 23.1 Å². The second-order valence-corrected chi connectivity index (χ2v) is 12.0. The van der Waals surface area contributed by atoms with Crippen molar-refractivity contribution in [3.63, 3.8) is 0 Å². The van der Waals surface area contributed by atoms with Gasteiger partial charge in [0.1, 0.15) is 11.4 Å². The highest BCUT2D eigenvalue weighted by atomic mass is 16.6. The van der Waals surface area contributed by atoms with Gasteiger partial charge in [-0.2, -0.15) is 4.98 Å². The molecule has 0 spiro atoms. The number of imidazole rings is 1. The molecule has 2 aromatic heterocycles. The Bertz CT molecular complexity index is 1820. The summed E-state index contributed by atoms with van der Waals surface area (Å²) in [4.78, 5) is 72.0. The third-order valence-electron chi connectivity index (χ3n) is 7.38. The number of methoxy groups -OCH3 is 1. The monoisotopic (exact) mass is 636 g/mol. The average Bonchev–Trinajstić information content (AvgIpc) is 3.39. The zero-order valence-electron chi connectivity index (χ0n) is 27.2. The first-order valence-corrected chi connectivity index (χ1v) is 15.0. The lowest BCUT2D eigenvalue weighted by molar-refractivity contribution is -0.147. The van der Waals surface area contributed by atoms with Gasteiger partial charge in [-0.05, 0) is 59.6 Å². The van der Waals surface area contributed by atoms with E-state index in [1.165, 1.54) is 37.8 Å². The molecule has 1 amide bonds. The number of carbonyl (C=O) groups is 3. The van der Waals surface area contributed by atoms with E-state index in [-0.39, 0.29) is 35.1 Å². The summed E-state index contributed by atoms with van der Waals surface area (Å²) in [6.07, 6.45) is -0.0584. The van der Waals surface area contributed by atoms with Gasteiger partial charge in [0.2, 0.25) is 5.95 Å². The standard InChI is InChI=1S/C32H40N6O8/c1-8-9-17-37-25-26(34-29(37)36-16-12-13-21(18-36)33-30(42)46-32(3,4)5)35(6)31(43)38(27(25)40)19-23(39)22-14-10-11-15-24(22)45-20(2)28(41)44-7/h10-11,14-15,20-21H,12-13,16-19H2,1-7H3,(H,33,42). The summed E-state index contributed by atoms with van der Waals surface area (Å²) >= 11 is 0. The van der Waals surface area contributed by atoms with Crippen LogP contribution in [0.4, 0.5) is 10.7 Å². The quantitative estimate of drug-likeness (QED) is 0.210. The predicted molar refractivity (Wildman–Crippen MR) is 170 cm³/mol. The molecule has 46 heavy (non-hydrogen) atoms. The Morgan fingerprint density at radius 2 is 1.87 bits per heavy atom. The maximum absolute atomic E-state index is 14.0. The SMILES string of the molecule is CC#CCn1c(N2CCCC(NC(=O)OC(C)(C)C)C2)nc2c1c(=O)n(CC(=O)c1ccccc1OC(C)C(=O)OC)c(=O)n2C. The molecule has 1 saturated heterocycles. The lowest BCUT2D eigenvalue weighted by Crippen LogP contribution is -2.49. The lowest BCUT2D eigenvalue weighted by atomic mass is 10.1. The van der Waals surface area contributed by atoms with E-state index in [1.54, 1.807) is 44.4 Å². The normalized spacial score (nSPS) is 15.5. The van der Waals surface area contributed by atoms with Crippen molar-refractivity contribution in [1.29, 1.82) is 0 Å². The number of ketones is 1. The Balaban J connectivity index is 1.72. The van der Waals surface area contributed by atoms with E-state index >= 15 is 0 Å². The molecule has 246 valence electrons. The highest BCUT2D eigenvalue weighted by molar-refractivity contribution is 5.98. The van der Waals surface area contributed by atoms with Crippen LogP contribution >= 0.6 is 0 Å². The lowest BCUT2D eigenvalue weighted by Gasteiger charge is -2.34. The summed E-state index contributed by atoms with van der Waals surface area (Å²) < 4.78 is 19.5. The minimum atomic E-state index is -0.993. The number of piperidine rings is 1. The largest absolute Gasteiger partial charge is 0.478 e. The summed E-state index contributed by atoms with van der Waals surface area (Å²) in [6, 6.07) is 6.02. The molecule has 1 aliphatic rings. The second kappa shape index (κ2) is 13.9. The Morgan fingerprint density at radius 1 is 1.15 bits per heavy atom. The molecule has 2 unspecified atom stereocenters. The molecule has 3 aromatic rings. The molecule has 0 saturated carbocycles. The minimum absolute atomic E-state index is 0.0928. The Labute approximate surface area is 266 Å². The molecule has 1 fully saturated rings. The van der Waals surface area contributed by atoms with Crippen LogP contribution in [0, 0.1) is 11.8 Å². The van der Waals surface area contributed by atoms with Crippen LogP contribution in [-0.4, -0.2) is 74.5 Å². The van der Waals surface area contributed by atoms with Gasteiger partial charge in [-0.15, -0.1) is 5.92 Å². The van der Waals surface area contributed by atoms with Crippen molar-refractivity contribution in [1.82, 2.24) is 24.0 Å². The van der Waals surface area contributed by atoms with Crippen LogP contribution in [0.5, 0.6) is 5.75 Å². The third-order valence-corrected chi connectivity index (χ3v) is 7.38. The Kier molecular flexibility index (Phi) is 10.2. The summed E-state index contributed by atoms with van der Waals surface area (Å²) in [6.45, 7) is 9.04. The van der Waals surface area contributed by atoms with Gasteiger partial charge >= 0.3 is 17.8 Å². The molecule has 0 aliphatic carbocycles. The molecule has 1 aromatic carbocycles. The number of esters is 1. The molecule has 14 nitrogen and oxygen atoms in total. The van der Waals surface area contributed by atoms with E-state index in [4.69, 9.17) is 19.2 Å². The van der Waals surface area contributed by atoms with Crippen LogP contribution in [0.2, 0.25) is 0 Å². The van der Waals surface area contributed by atoms with E-state index in [1.807, 2.05) is 4.90 Å². The Morgan fingerprint density at radius 3 is 2.54 bits per heavy atom. The second-order valence-electron chi connectivity index (χ2n) is 12.0. The molecule has 1 aliphatic heterocycles. The minimum Gasteiger partial charge on any atom is -0.478 e. The first kappa shape index (κ1) is 33.8. The van der Waals surface area contributed by atoms with Crippen molar-refractivity contribution >= 4 is 35.0 Å². The fraction of sp³-hybridized carbons (Fsp3) is 0.500. The van der Waals surface area contributed by atoms with Gasteiger partial charge in [-0.25, -0.2) is 14.4 Å². The highest BCUT2D eigenvalue weighted by Crippen LogP contribution is 2.24. The zero-order valence-corrected chi connectivity index (χ0v) is 27.2. The fourth-order valence-electron chi connectivity index (χ4n) is 5.23. The number of nitrogens with zero attached hydrogens (tertiary/aromatic N) is 5. The van der Waals surface area contributed by atoms with E-state index in [0.29, 0.717) is 19.0 Å². The number of ether oxygens (including phenoxy) is 3. The van der Waals surface area contributed by atoms with Gasteiger partial charge in [-0.3, -0.25) is 23.3 Å². The average molecular weight is 637 g/mol. The molecular weight excluding hydrogens is 596 g/mol. The molecule has 14 heteroatoms. The summed E-state index contributed by atoms with van der Waals surface area (Å²) in [7, 11) is 2.71. The van der Waals surface area contributed by atoms with Crippen molar-refractivity contribution in [2.45, 2.75) is 78.3 Å². The molecule has 4 rings (SSSR count). The van der Waals surface area contributed by atoms with E-state index in [9.17, 15) is 24.0 Å². The number of aryl methyl sites for hydroxylation is 1. The fourth-order valence-corrected chi connectivity index (χ4v) is 5.23. The Hall–Kier alpha value is -5.06. The van der Waals surface area contributed by atoms with Crippen molar-refractivity contribution in [2.24, 2.45) is 7.05 Å². The van der Waals surface area contributed by atoms with Crippen LogP contribution in [0.1, 0.15) is 57.8 Å². The van der Waals surface area contributed by atoms with E-state index in [2.05, 4.69) is 17.2 Å². The maximum Gasteiger partial charge on any atom is 0.407 e. The number of carbonyl (C=O) groups excluding carboxylic acids is 3. The number of alkyl carbamates (subject to hydrolysis) is 1. The number of hydrogen-bond acceptors (Lipinski definition) is 10. The van der Waals surface area contributed by atoms with Gasteiger partial charge in [0.05, 0.1) is 25.8 Å². The van der Waals surface area contributed by atoms with Crippen LogP contribution < -0.4 is 26.2 Å². The number of aromatic nitrogens is 4. The van der Waals surface area contributed by atoms with Crippen molar-refractivity contribution in [3.05, 3.63) is 50.7 Å². The number of benzene rings is 1. The number of nitrogens with one attached hydrogen (secondary N) is 1. The van der Waals surface area contributed by atoms with E-state index < -0.39 is 47.3 Å². The molecular formula is C32H40N6O8. The molecule has 1 N–H and O–H groups in total. The van der Waals surface area contributed by atoms with Crippen molar-refractivity contribution in [3.8, 4) is 17.6 Å². The number of Topliss-reactive ketones (excluding diaryl/α,β-unsaturated/α-hetero) is 1. The summed E-state index contributed by atoms with van der Waals surface area (Å²) in [5, 5.41) is 2.91. The van der Waals surface area contributed by atoms with E-state index in [0.717, 1.165) is 17.4 Å².